The van der Waals surface area contributed by atoms with Gasteiger partial charge in [-0.25, -0.2) is 4.79 Å². The van der Waals surface area contributed by atoms with Gasteiger partial charge in [0.15, 0.2) is 18.1 Å². The molecule has 1 aromatic heterocycles. The van der Waals surface area contributed by atoms with Crippen LogP contribution in [0.2, 0.25) is 5.02 Å². The minimum atomic E-state index is -0.774. The lowest BCUT2D eigenvalue weighted by molar-refractivity contribution is -0.119. The number of thiophene rings is 1. The summed E-state index contributed by atoms with van der Waals surface area (Å²) in [5, 5.41) is 4.51. The van der Waals surface area contributed by atoms with Crippen LogP contribution in [0.25, 0.3) is 0 Å². The highest BCUT2D eigenvalue weighted by molar-refractivity contribution is 7.14. The van der Waals surface area contributed by atoms with Crippen molar-refractivity contribution < 1.29 is 28.6 Å². The van der Waals surface area contributed by atoms with Crippen LogP contribution in [0.1, 0.15) is 20.7 Å². The zero-order chi connectivity index (χ0) is 19.3. The molecule has 0 aliphatic heterocycles. The number of carbonyl (C=O) groups excluding carboxylic acids is 3. The Morgan fingerprint density at radius 1 is 1.23 bits per heavy atom. The molecule has 0 aliphatic carbocycles. The second kappa shape index (κ2) is 8.54. The van der Waals surface area contributed by atoms with Crippen molar-refractivity contribution in [1.29, 1.82) is 0 Å². The predicted molar refractivity (Wildman–Crippen MR) is 96.3 cm³/mol. The van der Waals surface area contributed by atoms with Gasteiger partial charge in [0.25, 0.3) is 11.8 Å². The summed E-state index contributed by atoms with van der Waals surface area (Å²) in [5.41, 5.74) is 5.47. The van der Waals surface area contributed by atoms with Crippen molar-refractivity contribution in [2.45, 2.75) is 0 Å². The predicted octanol–water partition coefficient (Wildman–Crippen LogP) is 2.31. The van der Waals surface area contributed by atoms with E-state index < -0.39 is 24.4 Å². The van der Waals surface area contributed by atoms with Crippen molar-refractivity contribution in [3.63, 3.8) is 0 Å². The zero-order valence-corrected chi connectivity index (χ0v) is 15.4. The average molecular weight is 399 g/mol. The van der Waals surface area contributed by atoms with Crippen molar-refractivity contribution in [2.75, 3.05) is 26.1 Å². The topological polar surface area (TPSA) is 117 Å². The third-order valence-electron chi connectivity index (χ3n) is 3.19. The lowest BCUT2D eigenvalue weighted by atomic mass is 10.2. The van der Waals surface area contributed by atoms with Gasteiger partial charge in [-0.3, -0.25) is 9.59 Å². The molecule has 0 atom stereocenters. The van der Waals surface area contributed by atoms with E-state index in [1.165, 1.54) is 32.4 Å². The number of methoxy groups -OCH3 is 2. The fraction of sp³-hybridized carbons (Fsp3) is 0.188. The fourth-order valence-corrected chi connectivity index (χ4v) is 3.11. The molecular formula is C16H15ClN2O6S. The number of halogens is 1. The van der Waals surface area contributed by atoms with E-state index in [-0.39, 0.29) is 32.6 Å². The van der Waals surface area contributed by atoms with Gasteiger partial charge in [0.1, 0.15) is 5.00 Å². The first-order valence-electron chi connectivity index (χ1n) is 7.13. The highest BCUT2D eigenvalue weighted by Gasteiger charge is 2.18. The van der Waals surface area contributed by atoms with E-state index in [0.29, 0.717) is 0 Å². The van der Waals surface area contributed by atoms with Crippen molar-refractivity contribution in [1.82, 2.24) is 0 Å². The number of hydrogen-bond donors (Lipinski definition) is 2. The normalized spacial score (nSPS) is 10.1. The van der Waals surface area contributed by atoms with Crippen LogP contribution >= 0.6 is 22.9 Å². The van der Waals surface area contributed by atoms with Crippen molar-refractivity contribution in [3.05, 3.63) is 39.7 Å². The van der Waals surface area contributed by atoms with Crippen molar-refractivity contribution >= 4 is 45.7 Å². The quantitative estimate of drug-likeness (QED) is 0.691. The first-order chi connectivity index (χ1) is 12.4. The van der Waals surface area contributed by atoms with E-state index in [1.807, 2.05) is 0 Å². The van der Waals surface area contributed by atoms with E-state index >= 15 is 0 Å². The number of carbonyl (C=O) groups is 3. The Balaban J connectivity index is 2.02. The molecule has 0 bridgehead atoms. The van der Waals surface area contributed by atoms with Gasteiger partial charge < -0.3 is 25.3 Å². The summed E-state index contributed by atoms with van der Waals surface area (Å²) in [6, 6.07) is 4.21. The molecule has 3 N–H and O–H groups in total. The molecule has 1 heterocycles. The molecule has 0 spiro atoms. The SMILES string of the molecule is COc1cc(C(=O)OCC(=O)Nc2sccc2C(N)=O)cc(Cl)c1OC. The summed E-state index contributed by atoms with van der Waals surface area (Å²) in [7, 11) is 2.81. The Kier molecular flexibility index (Phi) is 6.42. The summed E-state index contributed by atoms with van der Waals surface area (Å²) in [6.07, 6.45) is 0. The molecular weight excluding hydrogens is 384 g/mol. The second-order valence-corrected chi connectivity index (χ2v) is 6.17. The zero-order valence-electron chi connectivity index (χ0n) is 13.8. The number of primary amides is 1. The van der Waals surface area contributed by atoms with E-state index in [2.05, 4.69) is 5.32 Å². The van der Waals surface area contributed by atoms with Crippen LogP contribution in [-0.4, -0.2) is 38.6 Å². The molecule has 0 unspecified atom stereocenters. The third-order valence-corrected chi connectivity index (χ3v) is 4.30. The molecule has 0 saturated heterocycles. The Morgan fingerprint density at radius 2 is 1.96 bits per heavy atom. The maximum atomic E-state index is 12.1. The van der Waals surface area contributed by atoms with Gasteiger partial charge in [0.05, 0.1) is 30.4 Å². The number of benzene rings is 1. The van der Waals surface area contributed by atoms with Crippen LogP contribution in [0.15, 0.2) is 23.6 Å². The Hall–Kier alpha value is -2.78. The molecule has 2 amide bonds. The molecule has 10 heteroatoms. The second-order valence-electron chi connectivity index (χ2n) is 4.85. The summed E-state index contributed by atoms with van der Waals surface area (Å²) in [6.45, 7) is -0.555. The number of esters is 1. The monoisotopic (exact) mass is 398 g/mol. The molecule has 138 valence electrons. The molecule has 0 fully saturated rings. The van der Waals surface area contributed by atoms with Gasteiger partial charge in [-0.2, -0.15) is 0 Å². The smallest absolute Gasteiger partial charge is 0.338 e. The molecule has 2 rings (SSSR count). The number of nitrogens with one attached hydrogen (secondary N) is 1. The highest BCUT2D eigenvalue weighted by atomic mass is 35.5. The molecule has 0 saturated carbocycles. The van der Waals surface area contributed by atoms with Gasteiger partial charge in [-0.1, -0.05) is 11.6 Å². The Labute approximate surface area is 157 Å². The van der Waals surface area contributed by atoms with Crippen molar-refractivity contribution in [3.8, 4) is 11.5 Å². The number of ether oxygens (including phenoxy) is 3. The lowest BCUT2D eigenvalue weighted by Gasteiger charge is -2.11. The van der Waals surface area contributed by atoms with Crippen LogP contribution in [0.3, 0.4) is 0 Å². The molecule has 8 nitrogen and oxygen atoms in total. The number of nitrogens with two attached hydrogens (primary N) is 1. The maximum absolute atomic E-state index is 12.1. The number of anilines is 1. The Morgan fingerprint density at radius 3 is 2.58 bits per heavy atom. The van der Waals surface area contributed by atoms with E-state index in [1.54, 1.807) is 5.38 Å². The largest absolute Gasteiger partial charge is 0.493 e. The average Bonchev–Trinajstić information content (AvgIpc) is 3.07. The number of rotatable bonds is 7. The molecule has 2 aromatic rings. The van der Waals surface area contributed by atoms with Crippen LogP contribution in [0, 0.1) is 0 Å². The van der Waals surface area contributed by atoms with Crippen LogP contribution in [0.5, 0.6) is 11.5 Å². The van der Waals surface area contributed by atoms with Crippen LogP contribution in [0.4, 0.5) is 5.00 Å². The molecule has 1 aromatic carbocycles. The molecule has 0 aliphatic rings. The van der Waals surface area contributed by atoms with Gasteiger partial charge in [0.2, 0.25) is 0 Å². The van der Waals surface area contributed by atoms with Crippen molar-refractivity contribution in [2.24, 2.45) is 5.73 Å². The summed E-state index contributed by atoms with van der Waals surface area (Å²) < 4.78 is 15.1. The Bertz CT molecular complexity index is 851. The van der Waals surface area contributed by atoms with Crippen LogP contribution < -0.4 is 20.5 Å². The lowest BCUT2D eigenvalue weighted by Crippen LogP contribution is -2.22. The highest BCUT2D eigenvalue weighted by Crippen LogP contribution is 2.36. The van der Waals surface area contributed by atoms with E-state index in [4.69, 9.17) is 31.5 Å². The standard InChI is InChI=1S/C16H15ClN2O6S/c1-23-11-6-8(5-10(17)13(11)24-2)16(22)25-7-12(20)19-15-9(14(18)21)3-4-26-15/h3-6H,7H2,1-2H3,(H2,18,21)(H,19,20). The van der Waals surface area contributed by atoms with E-state index in [0.717, 1.165) is 11.3 Å². The summed E-state index contributed by atoms with van der Waals surface area (Å²) in [4.78, 5) is 35.2. The summed E-state index contributed by atoms with van der Waals surface area (Å²) in [5.74, 6) is -1.53. The minimum Gasteiger partial charge on any atom is -0.493 e. The van der Waals surface area contributed by atoms with Gasteiger partial charge >= 0.3 is 5.97 Å². The molecule has 26 heavy (non-hydrogen) atoms. The first-order valence-corrected chi connectivity index (χ1v) is 8.39. The van der Waals surface area contributed by atoms with Gasteiger partial charge in [-0.05, 0) is 23.6 Å². The molecule has 0 radical (unpaired) electrons. The summed E-state index contributed by atoms with van der Waals surface area (Å²) >= 11 is 7.15. The first kappa shape index (κ1) is 19.5. The number of hydrogen-bond acceptors (Lipinski definition) is 7. The van der Waals surface area contributed by atoms with Gasteiger partial charge in [-0.15, -0.1) is 11.3 Å². The third kappa shape index (κ3) is 4.44. The fourth-order valence-electron chi connectivity index (χ4n) is 2.01. The number of amides is 2. The van der Waals surface area contributed by atoms with Gasteiger partial charge in [0, 0.05) is 0 Å². The maximum Gasteiger partial charge on any atom is 0.338 e. The minimum absolute atomic E-state index is 0.0920. The van der Waals surface area contributed by atoms with E-state index in [9.17, 15) is 14.4 Å². The van der Waals surface area contributed by atoms with Crippen LogP contribution in [-0.2, 0) is 9.53 Å².